The maximum absolute atomic E-state index is 3.34. The molecule has 0 aromatic carbocycles. The molecule has 0 amide bonds. The van der Waals surface area contributed by atoms with Crippen molar-refractivity contribution in [2.24, 2.45) is 5.92 Å². The summed E-state index contributed by atoms with van der Waals surface area (Å²) in [5, 5.41) is 0. The van der Waals surface area contributed by atoms with Gasteiger partial charge in [0.05, 0.1) is 0 Å². The first-order valence-electron chi connectivity index (χ1n) is 3.74. The van der Waals surface area contributed by atoms with Crippen molar-refractivity contribution in [1.82, 2.24) is 0 Å². The zero-order chi connectivity index (χ0) is 7.72. The monoisotopic (exact) mass is 134 g/mol. The largest absolute Gasteiger partial charge is 0.118 e. The van der Waals surface area contributed by atoms with Crippen molar-refractivity contribution in [3.63, 3.8) is 0 Å². The number of hydrogen-bond acceptors (Lipinski definition) is 0. The van der Waals surface area contributed by atoms with Crippen molar-refractivity contribution >= 4 is 0 Å². The standard InChI is InChI=1S/C10H14/c1-7-5-9(3)10(4)6-8(7)2/h5,7H,1-4H3. The SMILES string of the molecule is CC1=C=C(C)C(C)C=C1C. The molecule has 1 aliphatic rings. The first kappa shape index (κ1) is 7.37. The molecule has 0 saturated heterocycles. The Kier molecular flexibility index (Phi) is 1.82. The van der Waals surface area contributed by atoms with Crippen molar-refractivity contribution in [2.75, 3.05) is 0 Å². The van der Waals surface area contributed by atoms with Crippen LogP contribution in [0.5, 0.6) is 0 Å². The van der Waals surface area contributed by atoms with Gasteiger partial charge in [0.2, 0.25) is 0 Å². The molecule has 54 valence electrons. The summed E-state index contributed by atoms with van der Waals surface area (Å²) in [6.45, 7) is 8.60. The summed E-state index contributed by atoms with van der Waals surface area (Å²) in [5.74, 6) is 0.587. The molecule has 0 spiro atoms. The highest BCUT2D eigenvalue weighted by atomic mass is 14.1. The van der Waals surface area contributed by atoms with E-state index in [4.69, 9.17) is 0 Å². The lowest BCUT2D eigenvalue weighted by molar-refractivity contribution is 0.844. The van der Waals surface area contributed by atoms with Crippen LogP contribution in [0, 0.1) is 5.92 Å². The number of hydrogen-bond donors (Lipinski definition) is 0. The number of allylic oxidation sites excluding steroid dienone is 3. The van der Waals surface area contributed by atoms with Crippen LogP contribution in [-0.4, -0.2) is 0 Å². The van der Waals surface area contributed by atoms with Crippen LogP contribution in [0.2, 0.25) is 0 Å². The van der Waals surface area contributed by atoms with Crippen LogP contribution in [0.3, 0.4) is 0 Å². The Morgan fingerprint density at radius 1 is 1.30 bits per heavy atom. The first-order valence-corrected chi connectivity index (χ1v) is 3.74. The Bertz CT molecular complexity index is 235. The predicted molar refractivity (Wildman–Crippen MR) is 44.8 cm³/mol. The molecule has 1 unspecified atom stereocenters. The summed E-state index contributed by atoms with van der Waals surface area (Å²) < 4.78 is 0. The molecule has 0 fully saturated rings. The molecule has 0 aromatic heterocycles. The van der Waals surface area contributed by atoms with Crippen LogP contribution in [0.25, 0.3) is 0 Å². The van der Waals surface area contributed by atoms with Crippen LogP contribution in [0.1, 0.15) is 27.7 Å². The van der Waals surface area contributed by atoms with E-state index in [0.717, 1.165) is 0 Å². The summed E-state index contributed by atoms with van der Waals surface area (Å²) in [6, 6.07) is 0. The fourth-order valence-electron chi connectivity index (χ4n) is 1.13. The van der Waals surface area contributed by atoms with Crippen molar-refractivity contribution in [3.05, 3.63) is 28.5 Å². The third-order valence-electron chi connectivity index (χ3n) is 2.16. The van der Waals surface area contributed by atoms with Gasteiger partial charge in [0.1, 0.15) is 0 Å². The zero-order valence-corrected chi connectivity index (χ0v) is 7.15. The Balaban J connectivity index is 3.12. The second-order valence-electron chi connectivity index (χ2n) is 3.07. The quantitative estimate of drug-likeness (QED) is 0.447. The second kappa shape index (κ2) is 2.48. The molecular formula is C10H14. The van der Waals surface area contributed by atoms with Crippen LogP contribution in [-0.2, 0) is 0 Å². The van der Waals surface area contributed by atoms with Gasteiger partial charge in [-0.1, -0.05) is 13.0 Å². The Morgan fingerprint density at radius 2 is 1.90 bits per heavy atom. The van der Waals surface area contributed by atoms with E-state index in [0.29, 0.717) is 5.92 Å². The van der Waals surface area contributed by atoms with Crippen LogP contribution in [0.15, 0.2) is 28.5 Å². The molecule has 1 atom stereocenters. The van der Waals surface area contributed by atoms with Gasteiger partial charge >= 0.3 is 0 Å². The predicted octanol–water partition coefficient (Wildman–Crippen LogP) is 3.07. The van der Waals surface area contributed by atoms with Crippen LogP contribution in [0.4, 0.5) is 0 Å². The zero-order valence-electron chi connectivity index (χ0n) is 7.15. The fraction of sp³-hybridized carbons (Fsp3) is 0.500. The van der Waals surface area contributed by atoms with Gasteiger partial charge in [0.15, 0.2) is 0 Å². The van der Waals surface area contributed by atoms with Gasteiger partial charge in [-0.2, -0.15) is 0 Å². The maximum Gasteiger partial charge on any atom is 0.00277 e. The number of rotatable bonds is 0. The minimum absolute atomic E-state index is 0.587. The van der Waals surface area contributed by atoms with Crippen molar-refractivity contribution in [1.29, 1.82) is 0 Å². The minimum Gasteiger partial charge on any atom is -0.118 e. The average molecular weight is 134 g/mol. The first-order chi connectivity index (χ1) is 4.61. The average Bonchev–Trinajstić information content (AvgIpc) is 1.84. The van der Waals surface area contributed by atoms with Gasteiger partial charge in [-0.25, -0.2) is 0 Å². The summed E-state index contributed by atoms with van der Waals surface area (Å²) in [5.41, 5.74) is 7.35. The molecule has 0 bridgehead atoms. The lowest BCUT2D eigenvalue weighted by atomic mass is 9.93. The van der Waals surface area contributed by atoms with Crippen molar-refractivity contribution in [3.8, 4) is 0 Å². The molecule has 0 heterocycles. The molecule has 1 aliphatic carbocycles. The smallest absolute Gasteiger partial charge is 0.00277 e. The van der Waals surface area contributed by atoms with Gasteiger partial charge in [0.25, 0.3) is 0 Å². The van der Waals surface area contributed by atoms with Crippen molar-refractivity contribution in [2.45, 2.75) is 27.7 Å². The molecule has 0 heteroatoms. The third-order valence-corrected chi connectivity index (χ3v) is 2.16. The Labute approximate surface area is 62.9 Å². The lowest BCUT2D eigenvalue weighted by Crippen LogP contribution is -1.97. The molecule has 0 saturated carbocycles. The van der Waals surface area contributed by atoms with Gasteiger partial charge in [-0.05, 0) is 37.5 Å². The van der Waals surface area contributed by atoms with Crippen LogP contribution >= 0.6 is 0 Å². The van der Waals surface area contributed by atoms with E-state index >= 15 is 0 Å². The maximum atomic E-state index is 3.34. The van der Waals surface area contributed by atoms with E-state index < -0.39 is 0 Å². The van der Waals surface area contributed by atoms with E-state index in [9.17, 15) is 0 Å². The molecule has 0 nitrogen and oxygen atoms in total. The summed E-state index contributed by atoms with van der Waals surface area (Å²) in [4.78, 5) is 0. The summed E-state index contributed by atoms with van der Waals surface area (Å²) >= 11 is 0. The molecule has 0 aliphatic heterocycles. The van der Waals surface area contributed by atoms with E-state index in [1.807, 2.05) is 0 Å². The van der Waals surface area contributed by atoms with E-state index in [1.165, 1.54) is 16.7 Å². The normalized spacial score (nSPS) is 25.2. The summed E-state index contributed by atoms with van der Waals surface area (Å²) in [6.07, 6.45) is 2.29. The Morgan fingerprint density at radius 3 is 2.40 bits per heavy atom. The van der Waals surface area contributed by atoms with E-state index in [-0.39, 0.29) is 0 Å². The Hall–Kier alpha value is -0.740. The second-order valence-corrected chi connectivity index (χ2v) is 3.07. The van der Waals surface area contributed by atoms with E-state index in [2.05, 4.69) is 39.5 Å². The summed E-state index contributed by atoms with van der Waals surface area (Å²) in [7, 11) is 0. The topological polar surface area (TPSA) is 0 Å². The highest BCUT2D eigenvalue weighted by Crippen LogP contribution is 2.21. The molecular weight excluding hydrogens is 120 g/mol. The van der Waals surface area contributed by atoms with Gasteiger partial charge in [0, 0.05) is 5.92 Å². The highest BCUT2D eigenvalue weighted by Gasteiger charge is 2.06. The van der Waals surface area contributed by atoms with Gasteiger partial charge < -0.3 is 0 Å². The fourth-order valence-corrected chi connectivity index (χ4v) is 1.13. The molecule has 0 N–H and O–H groups in total. The van der Waals surface area contributed by atoms with E-state index in [1.54, 1.807) is 0 Å². The molecule has 10 heavy (non-hydrogen) atoms. The lowest BCUT2D eigenvalue weighted by Gasteiger charge is -2.12. The van der Waals surface area contributed by atoms with Gasteiger partial charge in [-0.15, -0.1) is 5.73 Å². The van der Waals surface area contributed by atoms with Crippen LogP contribution < -0.4 is 0 Å². The highest BCUT2D eigenvalue weighted by molar-refractivity contribution is 5.34. The molecule has 0 aromatic rings. The van der Waals surface area contributed by atoms with Crippen molar-refractivity contribution < 1.29 is 0 Å². The molecule has 0 radical (unpaired) electrons. The minimum atomic E-state index is 0.587. The third kappa shape index (κ3) is 1.22. The molecule has 1 rings (SSSR count). The van der Waals surface area contributed by atoms with Gasteiger partial charge in [-0.3, -0.25) is 0 Å².